The Bertz CT molecular complexity index is 830. The Morgan fingerprint density at radius 1 is 0.733 bits per heavy atom. The van der Waals surface area contributed by atoms with Gasteiger partial charge in [0.2, 0.25) is 0 Å². The zero-order chi connectivity index (χ0) is 19.1. The van der Waals surface area contributed by atoms with Gasteiger partial charge in [-0.3, -0.25) is 9.98 Å². The van der Waals surface area contributed by atoms with E-state index in [0.29, 0.717) is 0 Å². The third kappa shape index (κ3) is 8.42. The summed E-state index contributed by atoms with van der Waals surface area (Å²) in [5, 5.41) is 45.2. The van der Waals surface area contributed by atoms with Crippen LogP contribution in [-0.2, 0) is 48.1 Å². The van der Waals surface area contributed by atoms with E-state index >= 15 is 0 Å². The van der Waals surface area contributed by atoms with E-state index in [2.05, 4.69) is 9.98 Å². The molecule has 0 amide bonds. The average molecular weight is 486 g/mol. The molecule has 0 aromatic heterocycles. The van der Waals surface area contributed by atoms with Crippen LogP contribution in [-0.4, -0.2) is 37.5 Å². The standard InChI is InChI=1S/C18H16N2O6.2O.2V/c21-15-11(3-1-5-13(15)17(23)24)9-19-7-8-20-10-12-4-2-6-14(16(12)22)18(25)26;;;;/h1-6,9-10,21-22H,7-8H2,(H,23,24)(H,25,26);;;;/q;2*-2;2*+4/p-4. The first-order valence-electron chi connectivity index (χ1n) is 7.44. The van der Waals surface area contributed by atoms with Crippen LogP contribution in [0.5, 0.6) is 11.5 Å². The summed E-state index contributed by atoms with van der Waals surface area (Å²) < 4.78 is 0. The van der Waals surface area contributed by atoms with Gasteiger partial charge in [-0.05, 0) is 22.3 Å². The van der Waals surface area contributed by atoms with E-state index in [9.17, 15) is 30.0 Å². The van der Waals surface area contributed by atoms with Crippen molar-refractivity contribution in [2.45, 2.75) is 0 Å². The molecule has 152 valence electrons. The molecule has 0 saturated heterocycles. The molecule has 0 atom stereocenters. The van der Waals surface area contributed by atoms with Crippen molar-refractivity contribution in [1.82, 2.24) is 0 Å². The third-order valence-corrected chi connectivity index (χ3v) is 3.35. The van der Waals surface area contributed by atoms with Gasteiger partial charge in [0.1, 0.15) is 0 Å². The Hall–Kier alpha value is -2.59. The average Bonchev–Trinajstić information content (AvgIpc) is 2.60. The molecular formula is C18H12N2O8V2. The van der Waals surface area contributed by atoms with Crippen LogP contribution >= 0.6 is 0 Å². The minimum absolute atomic E-state index is 0. The molecule has 2 rings (SSSR count). The molecule has 0 saturated carbocycles. The van der Waals surface area contributed by atoms with Crippen LogP contribution in [0.2, 0.25) is 0 Å². The van der Waals surface area contributed by atoms with E-state index in [0.717, 1.165) is 12.1 Å². The number of carbonyl (C=O) groups excluding carboxylic acids is 2. The molecule has 12 heteroatoms. The number of nitrogens with zero attached hydrogens (tertiary/aromatic N) is 2. The number of aromatic carboxylic acids is 2. The van der Waals surface area contributed by atoms with Gasteiger partial charge in [-0.15, -0.1) is 0 Å². The number of benzene rings is 2. The second-order valence-electron chi connectivity index (χ2n) is 5.09. The minimum Gasteiger partial charge on any atom is -2.00 e. The van der Waals surface area contributed by atoms with Gasteiger partial charge in [-0.25, -0.2) is 0 Å². The van der Waals surface area contributed by atoms with Gasteiger partial charge in [-0.1, -0.05) is 47.9 Å². The van der Waals surface area contributed by atoms with Gasteiger partial charge in [0, 0.05) is 12.4 Å². The molecule has 0 aliphatic rings. The van der Waals surface area contributed by atoms with Crippen molar-refractivity contribution in [2.75, 3.05) is 13.1 Å². The summed E-state index contributed by atoms with van der Waals surface area (Å²) in [4.78, 5) is 29.5. The molecule has 0 N–H and O–H groups in total. The van der Waals surface area contributed by atoms with Crippen molar-refractivity contribution >= 4 is 24.4 Å². The molecule has 0 spiro atoms. The molecule has 0 unspecified atom stereocenters. The van der Waals surface area contributed by atoms with Gasteiger partial charge in [0.05, 0.1) is 25.0 Å². The second kappa shape index (κ2) is 15.3. The molecule has 2 aromatic rings. The van der Waals surface area contributed by atoms with Gasteiger partial charge in [0.25, 0.3) is 0 Å². The zero-order valence-corrected chi connectivity index (χ0v) is 17.9. The second-order valence-corrected chi connectivity index (χ2v) is 5.09. The monoisotopic (exact) mass is 486 g/mol. The summed E-state index contributed by atoms with van der Waals surface area (Å²) in [5.74, 6) is -4.48. The Balaban J connectivity index is -0.00000182. The predicted octanol–water partition coefficient (Wildman–Crippen LogP) is -2.14. The normalized spacial score (nSPS) is 9.73. The topological polar surface area (TPSA) is 208 Å². The summed E-state index contributed by atoms with van der Waals surface area (Å²) in [5.41, 5.74) is -0.663. The maximum atomic E-state index is 11.8. The van der Waals surface area contributed by atoms with Crippen molar-refractivity contribution in [3.63, 3.8) is 0 Å². The van der Waals surface area contributed by atoms with E-state index in [1.165, 1.54) is 36.7 Å². The fourth-order valence-corrected chi connectivity index (χ4v) is 2.08. The molecular weight excluding hydrogens is 474 g/mol. The number of hydrogen-bond donors (Lipinski definition) is 0. The summed E-state index contributed by atoms with van der Waals surface area (Å²) in [6.07, 6.45) is 2.47. The van der Waals surface area contributed by atoms with Crippen LogP contribution in [0.25, 0.3) is 0 Å². The van der Waals surface area contributed by atoms with Crippen molar-refractivity contribution < 1.29 is 78.1 Å². The first-order chi connectivity index (χ1) is 12.4. The van der Waals surface area contributed by atoms with Crippen LogP contribution in [0, 0.1) is 0 Å². The molecule has 2 aromatic carbocycles. The van der Waals surface area contributed by atoms with Crippen LogP contribution in [0.3, 0.4) is 0 Å². The van der Waals surface area contributed by atoms with Gasteiger partial charge < -0.3 is 41.0 Å². The van der Waals surface area contributed by atoms with E-state index in [-0.39, 0.29) is 72.3 Å². The molecule has 0 bridgehead atoms. The third-order valence-electron chi connectivity index (χ3n) is 3.35. The van der Waals surface area contributed by atoms with Gasteiger partial charge in [-0.2, -0.15) is 0 Å². The van der Waals surface area contributed by atoms with Crippen LogP contribution in [0.15, 0.2) is 46.4 Å². The summed E-state index contributed by atoms with van der Waals surface area (Å²) >= 11 is 0. The fraction of sp³-hybridized carbons (Fsp3) is 0.111. The van der Waals surface area contributed by atoms with E-state index in [4.69, 9.17) is 0 Å². The number of carbonyl (C=O) groups is 2. The summed E-state index contributed by atoms with van der Waals surface area (Å²) in [6.45, 7) is 0.361. The number of carboxylic acid groups (broad SMARTS) is 2. The Morgan fingerprint density at radius 3 is 1.37 bits per heavy atom. The first-order valence-corrected chi connectivity index (χ1v) is 7.44. The Morgan fingerprint density at radius 2 is 1.07 bits per heavy atom. The molecule has 10 nitrogen and oxygen atoms in total. The van der Waals surface area contributed by atoms with Crippen molar-refractivity contribution in [1.29, 1.82) is 0 Å². The zero-order valence-electron chi connectivity index (χ0n) is 15.1. The van der Waals surface area contributed by atoms with Gasteiger partial charge >= 0.3 is 37.1 Å². The van der Waals surface area contributed by atoms with E-state index in [1.807, 2.05) is 0 Å². The molecule has 0 aliphatic carbocycles. The van der Waals surface area contributed by atoms with Crippen LogP contribution < -0.4 is 20.4 Å². The van der Waals surface area contributed by atoms with Crippen LogP contribution in [0.4, 0.5) is 0 Å². The molecule has 0 fully saturated rings. The van der Waals surface area contributed by atoms with Crippen LogP contribution in [0.1, 0.15) is 31.8 Å². The predicted molar refractivity (Wildman–Crippen MR) is 86.7 cm³/mol. The SMILES string of the molecule is O=C([O-])c1cccc(C=NCCN=Cc2cccc(C(=O)[O-])c2[O-])c1[O-].[O-2].[O-2].[V+4].[V+4]. The first kappa shape index (κ1) is 32.1. The van der Waals surface area contributed by atoms with Crippen molar-refractivity contribution in [2.24, 2.45) is 9.98 Å². The fourth-order valence-electron chi connectivity index (χ4n) is 2.08. The van der Waals surface area contributed by atoms with Gasteiger partial charge in [0.15, 0.2) is 0 Å². The summed E-state index contributed by atoms with van der Waals surface area (Å²) in [7, 11) is 0. The quantitative estimate of drug-likeness (QED) is 0.315. The Kier molecular flexibility index (Phi) is 16.3. The minimum atomic E-state index is -1.55. The molecule has 30 heavy (non-hydrogen) atoms. The van der Waals surface area contributed by atoms with E-state index < -0.39 is 34.6 Å². The largest absolute Gasteiger partial charge is 4.00 e. The Labute approximate surface area is 195 Å². The number of para-hydroxylation sites is 2. The number of carboxylic acids is 2. The van der Waals surface area contributed by atoms with Crippen molar-refractivity contribution in [3.05, 3.63) is 58.7 Å². The molecule has 0 heterocycles. The maximum absolute atomic E-state index is 11.8. The molecule has 2 radical (unpaired) electrons. The number of aliphatic imine (C=N–C) groups is 2. The number of rotatable bonds is 7. The number of hydrogen-bond acceptors (Lipinski definition) is 8. The smallest absolute Gasteiger partial charge is 2.00 e. The summed E-state index contributed by atoms with van der Waals surface area (Å²) in [6, 6.07) is 7.98. The van der Waals surface area contributed by atoms with Crippen molar-refractivity contribution in [3.8, 4) is 11.5 Å². The maximum Gasteiger partial charge on any atom is 4.00 e. The van der Waals surface area contributed by atoms with E-state index in [1.54, 1.807) is 0 Å². The molecule has 0 aliphatic heterocycles.